The quantitative estimate of drug-likeness (QED) is 0.939. The standard InChI is InChI=1S/C13H16Cl2N4/c1-3-11(16)13-12(4-2)19(18-17-13)8-5-6-9(14)10(15)7-8/h5-7,11H,3-4,16H2,1-2H3. The summed E-state index contributed by atoms with van der Waals surface area (Å²) < 4.78 is 1.77. The van der Waals surface area contributed by atoms with E-state index in [1.54, 1.807) is 16.8 Å². The van der Waals surface area contributed by atoms with Crippen molar-refractivity contribution in [3.8, 4) is 5.69 Å². The zero-order valence-corrected chi connectivity index (χ0v) is 12.4. The van der Waals surface area contributed by atoms with Crippen LogP contribution in [-0.2, 0) is 6.42 Å². The number of hydrogen-bond donors (Lipinski definition) is 1. The number of nitrogens with zero attached hydrogens (tertiary/aromatic N) is 3. The monoisotopic (exact) mass is 298 g/mol. The van der Waals surface area contributed by atoms with Gasteiger partial charge in [0, 0.05) is 0 Å². The average Bonchev–Trinajstić information content (AvgIpc) is 2.84. The van der Waals surface area contributed by atoms with Gasteiger partial charge in [-0.1, -0.05) is 42.3 Å². The Morgan fingerprint density at radius 2 is 2.00 bits per heavy atom. The maximum Gasteiger partial charge on any atom is 0.103 e. The Labute approximate surface area is 122 Å². The smallest absolute Gasteiger partial charge is 0.103 e. The summed E-state index contributed by atoms with van der Waals surface area (Å²) >= 11 is 12.0. The molecule has 0 bridgehead atoms. The van der Waals surface area contributed by atoms with E-state index < -0.39 is 0 Å². The molecule has 0 amide bonds. The third-order valence-electron chi connectivity index (χ3n) is 3.07. The summed E-state index contributed by atoms with van der Waals surface area (Å²) in [5.41, 5.74) is 8.74. The highest BCUT2D eigenvalue weighted by Crippen LogP contribution is 2.26. The zero-order valence-electron chi connectivity index (χ0n) is 10.9. The lowest BCUT2D eigenvalue weighted by Crippen LogP contribution is -2.12. The third-order valence-corrected chi connectivity index (χ3v) is 3.81. The van der Waals surface area contributed by atoms with Gasteiger partial charge >= 0.3 is 0 Å². The number of nitrogens with two attached hydrogens (primary N) is 1. The van der Waals surface area contributed by atoms with Crippen molar-refractivity contribution in [2.45, 2.75) is 32.7 Å². The highest BCUT2D eigenvalue weighted by molar-refractivity contribution is 6.42. The first kappa shape index (κ1) is 14.3. The molecule has 1 atom stereocenters. The van der Waals surface area contributed by atoms with Gasteiger partial charge in [0.25, 0.3) is 0 Å². The number of halogens is 2. The Morgan fingerprint density at radius 1 is 1.26 bits per heavy atom. The Bertz CT molecular complexity index is 580. The van der Waals surface area contributed by atoms with Crippen LogP contribution in [0.25, 0.3) is 5.69 Å². The van der Waals surface area contributed by atoms with Crippen LogP contribution in [0.2, 0.25) is 10.0 Å². The van der Waals surface area contributed by atoms with Gasteiger partial charge in [-0.25, -0.2) is 4.68 Å². The van der Waals surface area contributed by atoms with Gasteiger partial charge in [0.1, 0.15) is 5.69 Å². The van der Waals surface area contributed by atoms with Crippen LogP contribution in [0.4, 0.5) is 0 Å². The molecule has 2 N–H and O–H groups in total. The molecule has 4 nitrogen and oxygen atoms in total. The van der Waals surface area contributed by atoms with E-state index in [0.717, 1.165) is 29.9 Å². The van der Waals surface area contributed by atoms with Gasteiger partial charge in [0.05, 0.1) is 27.5 Å². The molecule has 6 heteroatoms. The molecular formula is C13H16Cl2N4. The lowest BCUT2D eigenvalue weighted by atomic mass is 10.1. The van der Waals surface area contributed by atoms with Gasteiger partial charge in [0.2, 0.25) is 0 Å². The molecule has 0 aliphatic rings. The second kappa shape index (κ2) is 5.90. The van der Waals surface area contributed by atoms with E-state index in [1.165, 1.54) is 0 Å². The lowest BCUT2D eigenvalue weighted by Gasteiger charge is -2.10. The molecule has 0 fully saturated rings. The van der Waals surface area contributed by atoms with Crippen LogP contribution in [0.5, 0.6) is 0 Å². The summed E-state index contributed by atoms with van der Waals surface area (Å²) in [6, 6.07) is 5.30. The Hall–Kier alpha value is -1.10. The molecule has 0 radical (unpaired) electrons. The number of benzene rings is 1. The van der Waals surface area contributed by atoms with E-state index in [-0.39, 0.29) is 6.04 Å². The normalized spacial score (nSPS) is 12.7. The minimum Gasteiger partial charge on any atom is -0.323 e. The molecule has 0 aliphatic carbocycles. The van der Waals surface area contributed by atoms with Crippen LogP contribution in [-0.4, -0.2) is 15.0 Å². The SMILES string of the molecule is CCc1c(C(N)CC)nnn1-c1ccc(Cl)c(Cl)c1. The Morgan fingerprint density at radius 3 is 2.58 bits per heavy atom. The molecule has 0 spiro atoms. The fraction of sp³-hybridized carbons (Fsp3) is 0.385. The number of rotatable bonds is 4. The first-order valence-corrected chi connectivity index (χ1v) is 6.99. The fourth-order valence-electron chi connectivity index (χ4n) is 1.95. The molecule has 19 heavy (non-hydrogen) atoms. The van der Waals surface area contributed by atoms with Crippen molar-refractivity contribution >= 4 is 23.2 Å². The van der Waals surface area contributed by atoms with Crippen molar-refractivity contribution in [2.24, 2.45) is 5.73 Å². The summed E-state index contributed by atoms with van der Waals surface area (Å²) in [5.74, 6) is 0. The van der Waals surface area contributed by atoms with E-state index in [4.69, 9.17) is 28.9 Å². The molecule has 1 unspecified atom stereocenters. The Balaban J connectivity index is 2.50. The van der Waals surface area contributed by atoms with Crippen molar-refractivity contribution in [1.82, 2.24) is 15.0 Å². The molecule has 1 aromatic heterocycles. The van der Waals surface area contributed by atoms with E-state index in [0.29, 0.717) is 10.0 Å². The fourth-order valence-corrected chi connectivity index (χ4v) is 2.24. The number of aromatic nitrogens is 3. The van der Waals surface area contributed by atoms with Crippen LogP contribution < -0.4 is 5.73 Å². The maximum absolute atomic E-state index is 6.05. The van der Waals surface area contributed by atoms with Crippen molar-refractivity contribution in [2.75, 3.05) is 0 Å². The summed E-state index contributed by atoms with van der Waals surface area (Å²) in [5, 5.41) is 9.40. The van der Waals surface area contributed by atoms with Crippen molar-refractivity contribution in [3.63, 3.8) is 0 Å². The van der Waals surface area contributed by atoms with Crippen molar-refractivity contribution < 1.29 is 0 Å². The second-order valence-electron chi connectivity index (χ2n) is 4.30. The molecule has 0 aliphatic heterocycles. The van der Waals surface area contributed by atoms with Crippen molar-refractivity contribution in [3.05, 3.63) is 39.6 Å². The highest BCUT2D eigenvalue weighted by atomic mass is 35.5. The average molecular weight is 299 g/mol. The lowest BCUT2D eigenvalue weighted by molar-refractivity contribution is 0.665. The summed E-state index contributed by atoms with van der Waals surface area (Å²) in [7, 11) is 0. The summed E-state index contributed by atoms with van der Waals surface area (Å²) in [6.07, 6.45) is 1.63. The molecule has 2 rings (SSSR count). The van der Waals surface area contributed by atoms with Crippen LogP contribution in [0.1, 0.15) is 37.7 Å². The largest absolute Gasteiger partial charge is 0.323 e. The summed E-state index contributed by atoms with van der Waals surface area (Å²) in [4.78, 5) is 0. The first-order valence-electron chi connectivity index (χ1n) is 6.23. The van der Waals surface area contributed by atoms with E-state index in [9.17, 15) is 0 Å². The Kier molecular flexibility index (Phi) is 4.45. The van der Waals surface area contributed by atoms with E-state index >= 15 is 0 Å². The van der Waals surface area contributed by atoms with Crippen molar-refractivity contribution in [1.29, 1.82) is 0 Å². The molecule has 0 saturated heterocycles. The van der Waals surface area contributed by atoms with Crippen LogP contribution in [0.15, 0.2) is 18.2 Å². The first-order chi connectivity index (χ1) is 9.08. The minimum absolute atomic E-state index is 0.0912. The van der Waals surface area contributed by atoms with Gasteiger partial charge in [-0.2, -0.15) is 0 Å². The zero-order chi connectivity index (χ0) is 14.0. The molecule has 102 valence electrons. The number of hydrogen-bond acceptors (Lipinski definition) is 3. The van der Waals surface area contributed by atoms with Crippen LogP contribution >= 0.6 is 23.2 Å². The molecule has 0 saturated carbocycles. The molecule has 2 aromatic rings. The van der Waals surface area contributed by atoms with Gasteiger partial charge in [0.15, 0.2) is 0 Å². The van der Waals surface area contributed by atoms with Gasteiger partial charge < -0.3 is 5.73 Å². The molecule has 1 aromatic carbocycles. The maximum atomic E-state index is 6.05. The topological polar surface area (TPSA) is 56.7 Å². The van der Waals surface area contributed by atoms with Crippen LogP contribution in [0, 0.1) is 0 Å². The summed E-state index contributed by atoms with van der Waals surface area (Å²) in [6.45, 7) is 4.08. The second-order valence-corrected chi connectivity index (χ2v) is 5.11. The van der Waals surface area contributed by atoms with E-state index in [1.807, 2.05) is 13.0 Å². The predicted molar refractivity (Wildman–Crippen MR) is 78.0 cm³/mol. The van der Waals surface area contributed by atoms with Gasteiger partial charge in [-0.15, -0.1) is 5.10 Å². The third kappa shape index (κ3) is 2.76. The minimum atomic E-state index is -0.0912. The highest BCUT2D eigenvalue weighted by Gasteiger charge is 2.17. The van der Waals surface area contributed by atoms with E-state index in [2.05, 4.69) is 17.2 Å². The van der Waals surface area contributed by atoms with Gasteiger partial charge in [-0.3, -0.25) is 0 Å². The van der Waals surface area contributed by atoms with Crippen LogP contribution in [0.3, 0.4) is 0 Å². The molecule has 1 heterocycles. The predicted octanol–water partition coefficient (Wildman–Crippen LogP) is 3.55. The van der Waals surface area contributed by atoms with Gasteiger partial charge in [-0.05, 0) is 31.0 Å². The molecular weight excluding hydrogens is 283 g/mol.